The highest BCUT2D eigenvalue weighted by atomic mass is 16.4. The fourth-order valence-electron chi connectivity index (χ4n) is 0.697. The summed E-state index contributed by atoms with van der Waals surface area (Å²) in [5, 5.41) is 8.55. The van der Waals surface area contributed by atoms with E-state index in [9.17, 15) is 0 Å². The maximum Gasteiger partial charge on any atom is 0.129 e. The zero-order chi connectivity index (χ0) is 8.69. The van der Waals surface area contributed by atoms with E-state index in [2.05, 4.69) is 0 Å². The molecule has 0 saturated heterocycles. The third-order valence-electron chi connectivity index (χ3n) is 1.22. The van der Waals surface area contributed by atoms with Crippen molar-refractivity contribution in [3.63, 3.8) is 0 Å². The minimum absolute atomic E-state index is 0. The van der Waals surface area contributed by atoms with E-state index in [-0.39, 0.29) is 6.61 Å². The van der Waals surface area contributed by atoms with Crippen LogP contribution in [0.2, 0.25) is 0 Å². The first-order valence-electron chi connectivity index (χ1n) is 4.05. The van der Waals surface area contributed by atoms with Gasteiger partial charge in [0, 0.05) is 6.42 Å². The standard InChI is InChI=1S/C7H10O2.C2H6/c1-2-6-3-4-7(5-8)9-6;1-2/h3-4,8H,2,5H2,1H3;1-2H3. The average Bonchev–Trinajstić information content (AvgIpc) is 2.55. The Balaban J connectivity index is 0.000000461. The van der Waals surface area contributed by atoms with Crippen LogP contribution < -0.4 is 0 Å². The first-order chi connectivity index (χ1) is 5.36. The second-order valence-electron chi connectivity index (χ2n) is 1.88. The minimum atomic E-state index is 0. The Labute approximate surface area is 67.9 Å². The van der Waals surface area contributed by atoms with Crippen molar-refractivity contribution in [3.05, 3.63) is 23.7 Å². The van der Waals surface area contributed by atoms with Crippen molar-refractivity contribution in [3.8, 4) is 0 Å². The highest BCUT2D eigenvalue weighted by Crippen LogP contribution is 2.07. The van der Waals surface area contributed by atoms with Crippen molar-refractivity contribution in [2.24, 2.45) is 0 Å². The van der Waals surface area contributed by atoms with Gasteiger partial charge in [0.15, 0.2) is 0 Å². The zero-order valence-electron chi connectivity index (χ0n) is 7.42. The van der Waals surface area contributed by atoms with Gasteiger partial charge in [0.2, 0.25) is 0 Å². The SMILES string of the molecule is CC.CCc1ccc(CO)o1. The van der Waals surface area contributed by atoms with Crippen LogP contribution in [-0.4, -0.2) is 5.11 Å². The summed E-state index contributed by atoms with van der Waals surface area (Å²) >= 11 is 0. The summed E-state index contributed by atoms with van der Waals surface area (Å²) in [6.07, 6.45) is 0.889. The topological polar surface area (TPSA) is 33.4 Å². The smallest absolute Gasteiger partial charge is 0.129 e. The lowest BCUT2D eigenvalue weighted by atomic mass is 10.4. The molecule has 0 aromatic carbocycles. The van der Waals surface area contributed by atoms with E-state index in [1.165, 1.54) is 0 Å². The molecule has 1 aromatic heterocycles. The summed E-state index contributed by atoms with van der Waals surface area (Å²) in [7, 11) is 0. The van der Waals surface area contributed by atoms with Gasteiger partial charge in [-0.1, -0.05) is 20.8 Å². The third kappa shape index (κ3) is 3.23. The highest BCUT2D eigenvalue weighted by molar-refractivity contribution is 5.05. The molecule has 0 fully saturated rings. The molecule has 0 aliphatic rings. The van der Waals surface area contributed by atoms with Crippen molar-refractivity contribution in [1.29, 1.82) is 0 Å². The first-order valence-corrected chi connectivity index (χ1v) is 4.05. The normalized spacial score (nSPS) is 8.73. The van der Waals surface area contributed by atoms with Crippen LogP contribution in [0.15, 0.2) is 16.5 Å². The molecule has 0 saturated carbocycles. The monoisotopic (exact) mass is 156 g/mol. The number of aliphatic hydroxyl groups excluding tert-OH is 1. The van der Waals surface area contributed by atoms with Crippen molar-refractivity contribution in [2.45, 2.75) is 33.8 Å². The van der Waals surface area contributed by atoms with Gasteiger partial charge >= 0.3 is 0 Å². The summed E-state index contributed by atoms with van der Waals surface area (Å²) < 4.78 is 5.13. The van der Waals surface area contributed by atoms with E-state index in [0.29, 0.717) is 5.76 Å². The largest absolute Gasteiger partial charge is 0.464 e. The molecule has 0 unspecified atom stereocenters. The lowest BCUT2D eigenvalue weighted by Crippen LogP contribution is -1.75. The van der Waals surface area contributed by atoms with Crippen molar-refractivity contribution < 1.29 is 9.52 Å². The van der Waals surface area contributed by atoms with Crippen LogP contribution in [0.1, 0.15) is 32.3 Å². The Morgan fingerprint density at radius 2 is 1.82 bits per heavy atom. The summed E-state index contributed by atoms with van der Waals surface area (Å²) in [6, 6.07) is 3.67. The Bertz CT molecular complexity index is 161. The van der Waals surface area contributed by atoms with Gasteiger partial charge in [-0.05, 0) is 12.1 Å². The Morgan fingerprint density at radius 1 is 1.27 bits per heavy atom. The molecule has 2 heteroatoms. The molecule has 11 heavy (non-hydrogen) atoms. The van der Waals surface area contributed by atoms with Crippen LogP contribution in [0.25, 0.3) is 0 Å². The number of aryl methyl sites for hydroxylation is 1. The molecule has 1 aromatic rings. The maximum absolute atomic E-state index is 8.55. The molecule has 0 aliphatic heterocycles. The molecule has 0 aliphatic carbocycles. The van der Waals surface area contributed by atoms with E-state index in [4.69, 9.17) is 9.52 Å². The number of hydrogen-bond acceptors (Lipinski definition) is 2. The number of furan rings is 1. The highest BCUT2D eigenvalue weighted by Gasteiger charge is 1.95. The average molecular weight is 156 g/mol. The first kappa shape index (κ1) is 10.2. The molecular formula is C9H16O2. The van der Waals surface area contributed by atoms with Crippen molar-refractivity contribution >= 4 is 0 Å². The van der Waals surface area contributed by atoms with Gasteiger partial charge < -0.3 is 9.52 Å². The van der Waals surface area contributed by atoms with Gasteiger partial charge in [-0.3, -0.25) is 0 Å². The molecule has 1 N–H and O–H groups in total. The van der Waals surface area contributed by atoms with E-state index in [0.717, 1.165) is 12.2 Å². The minimum Gasteiger partial charge on any atom is -0.464 e. The Kier molecular flexibility index (Phi) is 5.57. The zero-order valence-corrected chi connectivity index (χ0v) is 7.42. The molecule has 0 atom stereocenters. The van der Waals surface area contributed by atoms with E-state index < -0.39 is 0 Å². The van der Waals surface area contributed by atoms with Crippen molar-refractivity contribution in [2.75, 3.05) is 0 Å². The van der Waals surface area contributed by atoms with E-state index >= 15 is 0 Å². The fourth-order valence-corrected chi connectivity index (χ4v) is 0.697. The van der Waals surface area contributed by atoms with Crippen LogP contribution in [0.4, 0.5) is 0 Å². The van der Waals surface area contributed by atoms with E-state index in [1.54, 1.807) is 6.07 Å². The number of aliphatic hydroxyl groups is 1. The molecule has 0 amide bonds. The Morgan fingerprint density at radius 3 is 2.09 bits per heavy atom. The molecule has 0 spiro atoms. The van der Waals surface area contributed by atoms with Gasteiger partial charge in [0.25, 0.3) is 0 Å². The number of rotatable bonds is 2. The Hall–Kier alpha value is -0.760. The molecule has 0 bridgehead atoms. The second kappa shape index (κ2) is 5.98. The lowest BCUT2D eigenvalue weighted by molar-refractivity contribution is 0.244. The quantitative estimate of drug-likeness (QED) is 0.713. The fraction of sp³-hybridized carbons (Fsp3) is 0.556. The molecule has 1 heterocycles. The van der Waals surface area contributed by atoms with Gasteiger partial charge in [-0.2, -0.15) is 0 Å². The van der Waals surface area contributed by atoms with Crippen LogP contribution >= 0.6 is 0 Å². The molecule has 64 valence electrons. The van der Waals surface area contributed by atoms with Crippen LogP contribution in [0, 0.1) is 0 Å². The van der Waals surface area contributed by atoms with Gasteiger partial charge in [0.05, 0.1) is 0 Å². The lowest BCUT2D eigenvalue weighted by Gasteiger charge is -1.86. The third-order valence-corrected chi connectivity index (χ3v) is 1.22. The maximum atomic E-state index is 8.55. The summed E-state index contributed by atoms with van der Waals surface area (Å²) in [5.41, 5.74) is 0. The molecule has 0 radical (unpaired) electrons. The summed E-state index contributed by atoms with van der Waals surface area (Å²) in [6.45, 7) is 6.01. The second-order valence-corrected chi connectivity index (χ2v) is 1.88. The predicted molar refractivity (Wildman–Crippen MR) is 45.4 cm³/mol. The van der Waals surface area contributed by atoms with E-state index in [1.807, 2.05) is 26.8 Å². The van der Waals surface area contributed by atoms with Crippen LogP contribution in [-0.2, 0) is 13.0 Å². The summed E-state index contributed by atoms with van der Waals surface area (Å²) in [5.74, 6) is 1.57. The molecular weight excluding hydrogens is 140 g/mol. The number of hydrogen-bond donors (Lipinski definition) is 1. The predicted octanol–water partition coefficient (Wildman–Crippen LogP) is 2.36. The molecule has 1 rings (SSSR count). The van der Waals surface area contributed by atoms with Gasteiger partial charge in [-0.15, -0.1) is 0 Å². The van der Waals surface area contributed by atoms with Crippen LogP contribution in [0.5, 0.6) is 0 Å². The van der Waals surface area contributed by atoms with Gasteiger partial charge in [0.1, 0.15) is 18.1 Å². The van der Waals surface area contributed by atoms with Crippen LogP contribution in [0.3, 0.4) is 0 Å². The van der Waals surface area contributed by atoms with Gasteiger partial charge in [-0.25, -0.2) is 0 Å². The van der Waals surface area contributed by atoms with Crippen molar-refractivity contribution in [1.82, 2.24) is 0 Å². The summed E-state index contributed by atoms with van der Waals surface area (Å²) in [4.78, 5) is 0. The molecule has 2 nitrogen and oxygen atoms in total.